The van der Waals surface area contributed by atoms with Gasteiger partial charge in [-0.15, -0.1) is 0 Å². The van der Waals surface area contributed by atoms with Crippen molar-refractivity contribution >= 4 is 17.8 Å². The molecule has 0 amide bonds. The van der Waals surface area contributed by atoms with Crippen LogP contribution in [0.4, 0.5) is 0 Å². The van der Waals surface area contributed by atoms with E-state index in [2.05, 4.69) is 25.4 Å². The van der Waals surface area contributed by atoms with Crippen LogP contribution in [0, 0.1) is 5.92 Å². The Bertz CT molecular complexity index is 118. The topological polar surface area (TPSA) is 12.4 Å². The third-order valence-corrected chi connectivity index (χ3v) is 1.21. The van der Waals surface area contributed by atoms with Gasteiger partial charge in [0.2, 0.25) is 0 Å². The maximum Gasteiger partial charge on any atom is 0.121 e. The van der Waals surface area contributed by atoms with Crippen LogP contribution in [-0.2, 0) is 0 Å². The molecule has 1 nitrogen and oxygen atoms in total. The number of hydrogen-bond acceptors (Lipinski definition) is 1. The Labute approximate surface area is 61.4 Å². The van der Waals surface area contributed by atoms with Crippen molar-refractivity contribution in [2.45, 2.75) is 20.3 Å². The lowest BCUT2D eigenvalue weighted by Gasteiger charge is -1.96. The summed E-state index contributed by atoms with van der Waals surface area (Å²) < 4.78 is 0. The molecule has 52 valence electrons. The van der Waals surface area contributed by atoms with E-state index in [4.69, 9.17) is 11.6 Å². The molecule has 9 heavy (non-hydrogen) atoms. The van der Waals surface area contributed by atoms with E-state index in [-0.39, 0.29) is 0 Å². The Hall–Kier alpha value is -0.300. The number of halogens is 1. The van der Waals surface area contributed by atoms with E-state index in [0.29, 0.717) is 11.1 Å². The molecule has 1 atom stereocenters. The average Bonchev–Trinajstić information content (AvgIpc) is 1.83. The van der Waals surface area contributed by atoms with E-state index >= 15 is 0 Å². The van der Waals surface area contributed by atoms with Gasteiger partial charge in [-0.3, -0.25) is 0 Å². The molecule has 0 aromatic carbocycles. The Kier molecular flexibility index (Phi) is 4.41. The Morgan fingerprint density at radius 3 is 2.78 bits per heavy atom. The predicted octanol–water partition coefficient (Wildman–Crippen LogP) is 2.81. The minimum atomic E-state index is 0.357. The van der Waals surface area contributed by atoms with Gasteiger partial charge in [0.05, 0.1) is 0 Å². The molecule has 0 radical (unpaired) electrons. The lowest BCUT2D eigenvalue weighted by atomic mass is 10.1. The molecule has 0 fully saturated rings. The van der Waals surface area contributed by atoms with E-state index < -0.39 is 0 Å². The molecule has 0 rings (SSSR count). The minimum Gasteiger partial charge on any atom is -0.249 e. The lowest BCUT2D eigenvalue weighted by molar-refractivity contribution is 0.754. The highest BCUT2D eigenvalue weighted by atomic mass is 35.5. The zero-order chi connectivity index (χ0) is 7.28. The van der Waals surface area contributed by atoms with Gasteiger partial charge in [0.15, 0.2) is 0 Å². The highest BCUT2D eigenvalue weighted by Gasteiger charge is 1.90. The SMILES string of the molecule is C=C(Cl)N=CC(C)CC. The van der Waals surface area contributed by atoms with Gasteiger partial charge in [-0.1, -0.05) is 32.0 Å². The van der Waals surface area contributed by atoms with Crippen LogP contribution in [0.5, 0.6) is 0 Å². The van der Waals surface area contributed by atoms with E-state index in [1.54, 1.807) is 0 Å². The van der Waals surface area contributed by atoms with Crippen molar-refractivity contribution in [3.05, 3.63) is 11.7 Å². The van der Waals surface area contributed by atoms with Crippen LogP contribution in [0.1, 0.15) is 20.3 Å². The first-order valence-corrected chi connectivity index (χ1v) is 3.43. The fourth-order valence-electron chi connectivity index (χ4n) is 0.314. The highest BCUT2D eigenvalue weighted by molar-refractivity contribution is 6.29. The fraction of sp³-hybridized carbons (Fsp3) is 0.571. The summed E-state index contributed by atoms with van der Waals surface area (Å²) in [5.41, 5.74) is 0. The second-order valence-corrected chi connectivity index (χ2v) is 2.48. The summed E-state index contributed by atoms with van der Waals surface area (Å²) in [6.07, 6.45) is 2.91. The summed E-state index contributed by atoms with van der Waals surface area (Å²) in [5, 5.41) is 0.357. The zero-order valence-corrected chi connectivity index (χ0v) is 6.65. The van der Waals surface area contributed by atoms with Crippen LogP contribution in [-0.4, -0.2) is 6.21 Å². The molecular weight excluding hydrogens is 134 g/mol. The molecule has 0 N–H and O–H groups in total. The van der Waals surface area contributed by atoms with Gasteiger partial charge in [-0.2, -0.15) is 0 Å². The number of rotatable bonds is 3. The normalized spacial score (nSPS) is 14.1. The van der Waals surface area contributed by atoms with E-state index in [1.807, 2.05) is 6.21 Å². The Morgan fingerprint density at radius 2 is 2.44 bits per heavy atom. The molecule has 1 unspecified atom stereocenters. The first kappa shape index (κ1) is 8.70. The summed E-state index contributed by atoms with van der Waals surface area (Å²) in [5.74, 6) is 0.500. The second-order valence-electron chi connectivity index (χ2n) is 2.04. The fourth-order valence-corrected chi connectivity index (χ4v) is 0.370. The Balaban J connectivity index is 3.56. The van der Waals surface area contributed by atoms with Gasteiger partial charge in [-0.05, 0) is 12.3 Å². The van der Waals surface area contributed by atoms with Crippen molar-refractivity contribution in [3.63, 3.8) is 0 Å². The molecule has 0 aliphatic heterocycles. The maximum atomic E-state index is 5.39. The van der Waals surface area contributed by atoms with Crippen LogP contribution in [0.3, 0.4) is 0 Å². The van der Waals surface area contributed by atoms with Crippen molar-refractivity contribution in [2.24, 2.45) is 10.9 Å². The van der Waals surface area contributed by atoms with Gasteiger partial charge in [0.1, 0.15) is 5.16 Å². The van der Waals surface area contributed by atoms with Gasteiger partial charge in [-0.25, -0.2) is 4.99 Å². The monoisotopic (exact) mass is 145 g/mol. The summed E-state index contributed by atoms with van der Waals surface area (Å²) in [6.45, 7) is 7.62. The molecule has 0 aliphatic carbocycles. The van der Waals surface area contributed by atoms with Gasteiger partial charge < -0.3 is 0 Å². The average molecular weight is 146 g/mol. The van der Waals surface area contributed by atoms with Crippen LogP contribution in [0.15, 0.2) is 16.7 Å². The second kappa shape index (κ2) is 4.57. The standard InChI is InChI=1S/C7H12ClN/c1-4-6(2)5-9-7(3)8/h5-6H,3-4H2,1-2H3. The van der Waals surface area contributed by atoms with Crippen LogP contribution >= 0.6 is 11.6 Å². The largest absolute Gasteiger partial charge is 0.249 e. The van der Waals surface area contributed by atoms with Crippen molar-refractivity contribution < 1.29 is 0 Å². The quantitative estimate of drug-likeness (QED) is 0.428. The molecular formula is C7H12ClN. The smallest absolute Gasteiger partial charge is 0.121 e. The van der Waals surface area contributed by atoms with Gasteiger partial charge >= 0.3 is 0 Å². The third kappa shape index (κ3) is 5.57. The maximum absolute atomic E-state index is 5.39. The minimum absolute atomic E-state index is 0.357. The van der Waals surface area contributed by atoms with E-state index in [9.17, 15) is 0 Å². The summed E-state index contributed by atoms with van der Waals surface area (Å²) in [6, 6.07) is 0. The number of aliphatic imine (C=N–C) groups is 1. The first-order valence-electron chi connectivity index (χ1n) is 3.05. The Morgan fingerprint density at radius 1 is 1.89 bits per heavy atom. The van der Waals surface area contributed by atoms with Gasteiger partial charge in [0, 0.05) is 6.21 Å². The summed E-state index contributed by atoms with van der Waals surface area (Å²) in [4.78, 5) is 3.84. The zero-order valence-electron chi connectivity index (χ0n) is 5.89. The molecule has 0 aliphatic rings. The van der Waals surface area contributed by atoms with Crippen LogP contribution in [0.25, 0.3) is 0 Å². The number of hydrogen-bond donors (Lipinski definition) is 0. The lowest BCUT2D eigenvalue weighted by Crippen LogP contribution is -1.91. The highest BCUT2D eigenvalue weighted by Crippen LogP contribution is 2.01. The molecule has 0 bridgehead atoms. The van der Waals surface area contributed by atoms with Crippen molar-refractivity contribution in [1.29, 1.82) is 0 Å². The van der Waals surface area contributed by atoms with E-state index in [0.717, 1.165) is 6.42 Å². The third-order valence-electron chi connectivity index (χ3n) is 1.11. The van der Waals surface area contributed by atoms with Crippen LogP contribution < -0.4 is 0 Å². The first-order chi connectivity index (χ1) is 4.16. The molecule has 2 heteroatoms. The molecule has 0 heterocycles. The van der Waals surface area contributed by atoms with Crippen molar-refractivity contribution in [3.8, 4) is 0 Å². The molecule has 0 saturated carbocycles. The van der Waals surface area contributed by atoms with E-state index in [1.165, 1.54) is 0 Å². The predicted molar refractivity (Wildman–Crippen MR) is 42.9 cm³/mol. The molecule has 0 aromatic heterocycles. The number of nitrogens with zero attached hydrogens (tertiary/aromatic N) is 1. The molecule has 0 spiro atoms. The van der Waals surface area contributed by atoms with Crippen molar-refractivity contribution in [2.75, 3.05) is 0 Å². The molecule has 0 saturated heterocycles. The summed E-state index contributed by atoms with van der Waals surface area (Å²) in [7, 11) is 0. The summed E-state index contributed by atoms with van der Waals surface area (Å²) >= 11 is 5.39. The van der Waals surface area contributed by atoms with Crippen LogP contribution in [0.2, 0.25) is 0 Å². The van der Waals surface area contributed by atoms with Crippen molar-refractivity contribution in [1.82, 2.24) is 0 Å². The van der Waals surface area contributed by atoms with Gasteiger partial charge in [0.25, 0.3) is 0 Å². The molecule has 0 aromatic rings.